The van der Waals surface area contributed by atoms with E-state index >= 15 is 0 Å². The maximum atomic E-state index is 11.8. The van der Waals surface area contributed by atoms with Gasteiger partial charge in [0.25, 0.3) is 0 Å². The topological polar surface area (TPSA) is 61.2 Å². The van der Waals surface area contributed by atoms with Crippen molar-refractivity contribution in [2.24, 2.45) is 5.92 Å². The fourth-order valence-electron chi connectivity index (χ4n) is 3.00. The van der Waals surface area contributed by atoms with Gasteiger partial charge in [-0.3, -0.25) is 14.5 Å². The number of nitriles is 1. The first-order chi connectivity index (χ1) is 8.13. The van der Waals surface area contributed by atoms with E-state index < -0.39 is 5.54 Å². The summed E-state index contributed by atoms with van der Waals surface area (Å²) in [5.41, 5.74) is -0.837. The highest BCUT2D eigenvalue weighted by Crippen LogP contribution is 2.39. The number of hydrogen-bond acceptors (Lipinski definition) is 3. The van der Waals surface area contributed by atoms with Gasteiger partial charge in [0.1, 0.15) is 5.54 Å². The molecule has 2 aliphatic rings. The second-order valence-electron chi connectivity index (χ2n) is 5.12. The van der Waals surface area contributed by atoms with Gasteiger partial charge in [0, 0.05) is 12.8 Å². The highest BCUT2D eigenvalue weighted by molar-refractivity contribution is 6.03. The number of rotatable bonds is 2. The Kier molecular flexibility index (Phi) is 3.19. The summed E-state index contributed by atoms with van der Waals surface area (Å²) in [5.74, 6) is 0.322. The minimum Gasteiger partial charge on any atom is -0.274 e. The molecule has 4 nitrogen and oxygen atoms in total. The molecule has 4 heteroatoms. The van der Waals surface area contributed by atoms with Crippen LogP contribution in [0.1, 0.15) is 51.9 Å². The van der Waals surface area contributed by atoms with Crippen LogP contribution in [0.2, 0.25) is 0 Å². The molecule has 0 aromatic carbocycles. The summed E-state index contributed by atoms with van der Waals surface area (Å²) in [6.45, 7) is 2.15. The van der Waals surface area contributed by atoms with Crippen LogP contribution in [0.3, 0.4) is 0 Å². The molecule has 1 heterocycles. The van der Waals surface area contributed by atoms with Gasteiger partial charge in [-0.2, -0.15) is 5.26 Å². The molecule has 0 N–H and O–H groups in total. The average molecular weight is 234 g/mol. The molecule has 2 amide bonds. The molecule has 1 saturated carbocycles. The molecular formula is C13H18N2O2. The van der Waals surface area contributed by atoms with Crippen LogP contribution in [0.25, 0.3) is 0 Å². The first-order valence-electron chi connectivity index (χ1n) is 6.40. The summed E-state index contributed by atoms with van der Waals surface area (Å²) in [7, 11) is 0. The SMILES string of the molecule is CCC1CCC(C#N)(N2C(=O)CCC2=O)CC1. The zero-order chi connectivity index (χ0) is 12.5. The normalized spacial score (nSPS) is 33.9. The van der Waals surface area contributed by atoms with E-state index in [0.29, 0.717) is 18.8 Å². The predicted molar refractivity (Wildman–Crippen MR) is 61.7 cm³/mol. The van der Waals surface area contributed by atoms with Crippen LogP contribution >= 0.6 is 0 Å². The number of carbonyl (C=O) groups excluding carboxylic acids is 2. The Morgan fingerprint density at radius 3 is 2.24 bits per heavy atom. The molecule has 1 aliphatic heterocycles. The van der Waals surface area contributed by atoms with E-state index in [2.05, 4.69) is 13.0 Å². The maximum Gasteiger partial charge on any atom is 0.231 e. The van der Waals surface area contributed by atoms with Crippen molar-refractivity contribution in [1.82, 2.24) is 4.90 Å². The zero-order valence-electron chi connectivity index (χ0n) is 10.2. The molecule has 2 fully saturated rings. The standard InChI is InChI=1S/C13H18N2O2/c1-2-10-5-7-13(9-14,8-6-10)15-11(16)3-4-12(15)17/h10H,2-8H2,1H3. The Hall–Kier alpha value is -1.37. The molecule has 0 radical (unpaired) electrons. The van der Waals surface area contributed by atoms with E-state index in [-0.39, 0.29) is 24.7 Å². The monoisotopic (exact) mass is 234 g/mol. The molecule has 92 valence electrons. The minimum atomic E-state index is -0.837. The predicted octanol–water partition coefficient (Wildman–Crippen LogP) is 2.00. The van der Waals surface area contributed by atoms with Crippen LogP contribution in [0.5, 0.6) is 0 Å². The summed E-state index contributed by atoms with van der Waals surface area (Å²) < 4.78 is 0. The van der Waals surface area contributed by atoms with Gasteiger partial charge < -0.3 is 0 Å². The molecular weight excluding hydrogens is 216 g/mol. The summed E-state index contributed by atoms with van der Waals surface area (Å²) in [6, 6.07) is 2.25. The summed E-state index contributed by atoms with van der Waals surface area (Å²) in [5, 5.41) is 9.40. The van der Waals surface area contributed by atoms with Crippen LogP contribution in [-0.4, -0.2) is 22.3 Å². The van der Waals surface area contributed by atoms with Crippen molar-refractivity contribution in [3.8, 4) is 6.07 Å². The molecule has 1 saturated heterocycles. The lowest BCUT2D eigenvalue weighted by Crippen LogP contribution is -2.52. The lowest BCUT2D eigenvalue weighted by molar-refractivity contribution is -0.145. The fraction of sp³-hybridized carbons (Fsp3) is 0.769. The van der Waals surface area contributed by atoms with Crippen LogP contribution in [-0.2, 0) is 9.59 Å². The van der Waals surface area contributed by atoms with Crippen molar-refractivity contribution < 1.29 is 9.59 Å². The third kappa shape index (κ3) is 1.95. The first-order valence-corrected chi connectivity index (χ1v) is 6.40. The van der Waals surface area contributed by atoms with E-state index in [0.717, 1.165) is 19.3 Å². The van der Waals surface area contributed by atoms with Gasteiger partial charge in [-0.25, -0.2) is 0 Å². The largest absolute Gasteiger partial charge is 0.274 e. The first kappa shape index (κ1) is 12.1. The quantitative estimate of drug-likeness (QED) is 0.686. The second-order valence-corrected chi connectivity index (χ2v) is 5.12. The Morgan fingerprint density at radius 1 is 1.29 bits per heavy atom. The van der Waals surface area contributed by atoms with Crippen LogP contribution in [0.4, 0.5) is 0 Å². The number of nitrogens with zero attached hydrogens (tertiary/aromatic N) is 2. The van der Waals surface area contributed by atoms with E-state index in [1.54, 1.807) is 0 Å². The molecule has 0 spiro atoms. The molecule has 0 aromatic heterocycles. The highest BCUT2D eigenvalue weighted by atomic mass is 16.2. The third-order valence-electron chi connectivity index (χ3n) is 4.20. The van der Waals surface area contributed by atoms with Gasteiger partial charge >= 0.3 is 0 Å². The van der Waals surface area contributed by atoms with Gasteiger partial charge in [0.05, 0.1) is 6.07 Å². The van der Waals surface area contributed by atoms with Gasteiger partial charge in [0.2, 0.25) is 11.8 Å². The van der Waals surface area contributed by atoms with E-state index in [9.17, 15) is 14.9 Å². The number of likely N-dealkylation sites (tertiary alicyclic amines) is 1. The molecule has 1 aliphatic carbocycles. The molecule has 0 bridgehead atoms. The van der Waals surface area contributed by atoms with Crippen molar-refractivity contribution >= 4 is 11.8 Å². The molecule has 17 heavy (non-hydrogen) atoms. The Balaban J connectivity index is 2.19. The van der Waals surface area contributed by atoms with Gasteiger partial charge in [0.15, 0.2) is 0 Å². The molecule has 0 atom stereocenters. The van der Waals surface area contributed by atoms with E-state index in [4.69, 9.17) is 0 Å². The second kappa shape index (κ2) is 4.48. The van der Waals surface area contributed by atoms with Crippen LogP contribution in [0, 0.1) is 17.2 Å². The molecule has 2 rings (SSSR count). The zero-order valence-corrected chi connectivity index (χ0v) is 10.2. The fourth-order valence-corrected chi connectivity index (χ4v) is 3.00. The van der Waals surface area contributed by atoms with Gasteiger partial charge in [-0.1, -0.05) is 13.3 Å². The molecule has 0 unspecified atom stereocenters. The summed E-state index contributed by atoms with van der Waals surface area (Å²) in [6.07, 6.45) is 4.86. The lowest BCUT2D eigenvalue weighted by Gasteiger charge is -2.40. The van der Waals surface area contributed by atoms with Crippen molar-refractivity contribution in [1.29, 1.82) is 5.26 Å². The average Bonchev–Trinajstić information content (AvgIpc) is 2.70. The lowest BCUT2D eigenvalue weighted by atomic mass is 9.75. The Bertz CT molecular complexity index is 359. The van der Waals surface area contributed by atoms with Crippen molar-refractivity contribution in [3.05, 3.63) is 0 Å². The Labute approximate surface area is 102 Å². The van der Waals surface area contributed by atoms with E-state index in [1.165, 1.54) is 4.90 Å². The van der Waals surface area contributed by atoms with Gasteiger partial charge in [-0.05, 0) is 31.6 Å². The van der Waals surface area contributed by atoms with Crippen molar-refractivity contribution in [2.45, 2.75) is 57.4 Å². The smallest absolute Gasteiger partial charge is 0.231 e. The van der Waals surface area contributed by atoms with E-state index in [1.807, 2.05) is 0 Å². The minimum absolute atomic E-state index is 0.161. The van der Waals surface area contributed by atoms with Gasteiger partial charge in [-0.15, -0.1) is 0 Å². The number of imide groups is 1. The van der Waals surface area contributed by atoms with Crippen LogP contribution < -0.4 is 0 Å². The summed E-state index contributed by atoms with van der Waals surface area (Å²) in [4.78, 5) is 24.8. The molecule has 0 aromatic rings. The number of hydrogen-bond donors (Lipinski definition) is 0. The summed E-state index contributed by atoms with van der Waals surface area (Å²) >= 11 is 0. The van der Waals surface area contributed by atoms with Crippen molar-refractivity contribution in [3.63, 3.8) is 0 Å². The number of carbonyl (C=O) groups is 2. The third-order valence-corrected chi connectivity index (χ3v) is 4.20. The van der Waals surface area contributed by atoms with Crippen LogP contribution in [0.15, 0.2) is 0 Å². The Morgan fingerprint density at radius 2 is 1.82 bits per heavy atom. The maximum absolute atomic E-state index is 11.8. The van der Waals surface area contributed by atoms with Crippen molar-refractivity contribution in [2.75, 3.05) is 0 Å². The highest BCUT2D eigenvalue weighted by Gasteiger charge is 2.48. The number of amides is 2.